The number of anilines is 1. The first kappa shape index (κ1) is 15.9. The van der Waals surface area contributed by atoms with Crippen LogP contribution in [-0.2, 0) is 0 Å². The van der Waals surface area contributed by atoms with E-state index in [4.69, 9.17) is 11.6 Å². The van der Waals surface area contributed by atoms with E-state index in [1.807, 2.05) is 6.92 Å². The Labute approximate surface area is 137 Å². The molecule has 1 heterocycles. The van der Waals surface area contributed by atoms with Gasteiger partial charge < -0.3 is 5.32 Å². The lowest BCUT2D eigenvalue weighted by Crippen LogP contribution is -2.18. The largest absolute Gasteiger partial charge is 0.307 e. The summed E-state index contributed by atoms with van der Waals surface area (Å²) in [5.74, 6) is -2.24. The lowest BCUT2D eigenvalue weighted by molar-refractivity contribution is 0.102. The van der Waals surface area contributed by atoms with E-state index in [0.29, 0.717) is 5.82 Å². The molecule has 1 fully saturated rings. The van der Waals surface area contributed by atoms with Crippen LogP contribution in [0.5, 0.6) is 0 Å². The van der Waals surface area contributed by atoms with Crippen LogP contribution >= 0.6 is 11.6 Å². The van der Waals surface area contributed by atoms with Gasteiger partial charge in [0.2, 0.25) is 0 Å². The van der Waals surface area contributed by atoms with E-state index in [1.54, 1.807) is 10.7 Å². The highest BCUT2D eigenvalue weighted by atomic mass is 35.5. The Balaban J connectivity index is 1.87. The molecule has 4 nitrogen and oxygen atoms in total. The average Bonchev–Trinajstić information content (AvgIpc) is 3.12. The predicted molar refractivity (Wildman–Crippen MR) is 83.8 cm³/mol. The molecule has 1 saturated carbocycles. The Morgan fingerprint density at radius 2 is 1.91 bits per heavy atom. The Hall–Kier alpha value is -1.95. The molecule has 23 heavy (non-hydrogen) atoms. The molecule has 7 heteroatoms. The monoisotopic (exact) mass is 339 g/mol. The number of carbonyl (C=O) groups excluding carboxylic acids is 1. The molecule has 2 aromatic rings. The zero-order valence-electron chi connectivity index (χ0n) is 12.6. The van der Waals surface area contributed by atoms with Crippen molar-refractivity contribution in [1.82, 2.24) is 9.78 Å². The van der Waals surface area contributed by atoms with E-state index in [9.17, 15) is 13.6 Å². The summed E-state index contributed by atoms with van der Waals surface area (Å²) < 4.78 is 28.3. The molecule has 0 atom stereocenters. The molecular weight excluding hydrogens is 324 g/mol. The van der Waals surface area contributed by atoms with Gasteiger partial charge in [-0.15, -0.1) is 0 Å². The Morgan fingerprint density at radius 3 is 2.61 bits per heavy atom. The van der Waals surface area contributed by atoms with Crippen LogP contribution in [0.3, 0.4) is 0 Å². The molecule has 3 rings (SSSR count). The zero-order valence-corrected chi connectivity index (χ0v) is 13.3. The smallest absolute Gasteiger partial charge is 0.258 e. The van der Waals surface area contributed by atoms with Gasteiger partial charge in [0.25, 0.3) is 5.91 Å². The summed E-state index contributed by atoms with van der Waals surface area (Å²) in [5.41, 5.74) is 0.672. The number of hydrogen-bond donors (Lipinski definition) is 1. The van der Waals surface area contributed by atoms with Gasteiger partial charge in [-0.1, -0.05) is 24.4 Å². The fourth-order valence-electron chi connectivity index (χ4n) is 2.92. The van der Waals surface area contributed by atoms with E-state index in [-0.39, 0.29) is 16.6 Å². The highest BCUT2D eigenvalue weighted by Gasteiger charge is 2.23. The number of nitrogens with one attached hydrogen (secondary N) is 1. The topological polar surface area (TPSA) is 46.9 Å². The third-order valence-corrected chi connectivity index (χ3v) is 4.34. The normalized spacial score (nSPS) is 15.1. The van der Waals surface area contributed by atoms with Crippen LogP contribution in [0, 0.1) is 18.6 Å². The first-order chi connectivity index (χ1) is 11.0. The summed E-state index contributed by atoms with van der Waals surface area (Å²) in [5, 5.41) is 6.99. The fourth-order valence-corrected chi connectivity index (χ4v) is 3.15. The van der Waals surface area contributed by atoms with Crippen molar-refractivity contribution < 1.29 is 13.6 Å². The van der Waals surface area contributed by atoms with Crippen molar-refractivity contribution in [3.63, 3.8) is 0 Å². The lowest BCUT2D eigenvalue weighted by atomic mass is 10.2. The summed E-state index contributed by atoms with van der Waals surface area (Å²) in [6.07, 6.45) is 4.28. The number of aromatic nitrogens is 2. The van der Waals surface area contributed by atoms with Crippen molar-refractivity contribution in [1.29, 1.82) is 0 Å². The van der Waals surface area contributed by atoms with Crippen LogP contribution in [0.15, 0.2) is 18.2 Å². The number of rotatable bonds is 3. The van der Waals surface area contributed by atoms with Gasteiger partial charge in [0.1, 0.15) is 5.82 Å². The molecule has 1 N–H and O–H groups in total. The van der Waals surface area contributed by atoms with Crippen LogP contribution < -0.4 is 5.32 Å². The standard InChI is InChI=1S/C16H16ClF2N3O/c1-9-6-15(22(21-9)10-4-2-3-5-10)20-16(23)11-7-13(18)14(19)8-12(11)17/h6-8,10H,2-5H2,1H3,(H,20,23). The lowest BCUT2D eigenvalue weighted by Gasteiger charge is -2.15. The third-order valence-electron chi connectivity index (χ3n) is 4.02. The van der Waals surface area contributed by atoms with Crippen molar-refractivity contribution in [3.8, 4) is 0 Å². The molecule has 1 aliphatic carbocycles. The van der Waals surface area contributed by atoms with Gasteiger partial charge in [-0.3, -0.25) is 4.79 Å². The molecule has 0 radical (unpaired) electrons. The molecule has 1 aromatic heterocycles. The third kappa shape index (κ3) is 3.22. The predicted octanol–water partition coefficient (Wildman–Crippen LogP) is 4.49. The van der Waals surface area contributed by atoms with E-state index in [0.717, 1.165) is 43.5 Å². The Morgan fingerprint density at radius 1 is 1.26 bits per heavy atom. The summed E-state index contributed by atoms with van der Waals surface area (Å²) >= 11 is 5.84. The molecule has 0 unspecified atom stereocenters. The quantitative estimate of drug-likeness (QED) is 0.837. The maximum absolute atomic E-state index is 13.4. The summed E-state index contributed by atoms with van der Waals surface area (Å²) in [6, 6.07) is 3.60. The van der Waals surface area contributed by atoms with E-state index < -0.39 is 17.5 Å². The van der Waals surface area contributed by atoms with Gasteiger partial charge >= 0.3 is 0 Å². The minimum Gasteiger partial charge on any atom is -0.307 e. The van der Waals surface area contributed by atoms with Gasteiger partial charge in [0, 0.05) is 6.07 Å². The maximum Gasteiger partial charge on any atom is 0.258 e. The van der Waals surface area contributed by atoms with Crippen LogP contribution in [-0.4, -0.2) is 15.7 Å². The van der Waals surface area contributed by atoms with E-state index >= 15 is 0 Å². The van der Waals surface area contributed by atoms with Crippen molar-refractivity contribution in [2.24, 2.45) is 0 Å². The number of hydrogen-bond acceptors (Lipinski definition) is 2. The first-order valence-corrected chi connectivity index (χ1v) is 7.85. The maximum atomic E-state index is 13.4. The number of aryl methyl sites for hydroxylation is 1. The van der Waals surface area contributed by atoms with Gasteiger partial charge in [-0.05, 0) is 31.9 Å². The van der Waals surface area contributed by atoms with Crippen LogP contribution in [0.4, 0.5) is 14.6 Å². The van der Waals surface area contributed by atoms with Crippen LogP contribution in [0.1, 0.15) is 47.8 Å². The second-order valence-corrected chi connectivity index (χ2v) is 6.16. The van der Waals surface area contributed by atoms with Crippen molar-refractivity contribution >= 4 is 23.3 Å². The van der Waals surface area contributed by atoms with Gasteiger partial charge in [0.15, 0.2) is 11.6 Å². The minimum absolute atomic E-state index is 0.109. The van der Waals surface area contributed by atoms with Crippen LogP contribution in [0.25, 0.3) is 0 Å². The number of amides is 1. The van der Waals surface area contributed by atoms with Crippen molar-refractivity contribution in [3.05, 3.63) is 46.1 Å². The summed E-state index contributed by atoms with van der Waals surface area (Å²) in [6.45, 7) is 1.84. The van der Waals surface area contributed by atoms with Crippen molar-refractivity contribution in [2.75, 3.05) is 5.32 Å². The SMILES string of the molecule is Cc1cc(NC(=O)c2cc(F)c(F)cc2Cl)n(C2CCCC2)n1. The highest BCUT2D eigenvalue weighted by molar-refractivity contribution is 6.34. The average molecular weight is 340 g/mol. The molecule has 122 valence electrons. The number of nitrogens with zero attached hydrogens (tertiary/aromatic N) is 2. The van der Waals surface area contributed by atoms with Crippen LogP contribution in [0.2, 0.25) is 5.02 Å². The molecule has 1 aromatic carbocycles. The molecule has 0 aliphatic heterocycles. The molecule has 1 aliphatic rings. The van der Waals surface area contributed by atoms with Gasteiger partial charge in [-0.25, -0.2) is 13.5 Å². The molecule has 0 bridgehead atoms. The second-order valence-electron chi connectivity index (χ2n) is 5.75. The number of carbonyl (C=O) groups is 1. The summed E-state index contributed by atoms with van der Waals surface area (Å²) in [4.78, 5) is 12.3. The molecular formula is C16H16ClF2N3O. The van der Waals surface area contributed by atoms with E-state index in [1.165, 1.54) is 0 Å². The van der Waals surface area contributed by atoms with Crippen molar-refractivity contribution in [2.45, 2.75) is 38.6 Å². The van der Waals surface area contributed by atoms with Gasteiger partial charge in [-0.2, -0.15) is 5.10 Å². The highest BCUT2D eigenvalue weighted by Crippen LogP contribution is 2.32. The second kappa shape index (κ2) is 6.28. The Bertz CT molecular complexity index is 754. The Kier molecular flexibility index (Phi) is 4.35. The number of benzene rings is 1. The number of halogens is 3. The zero-order chi connectivity index (χ0) is 16.6. The molecule has 0 saturated heterocycles. The summed E-state index contributed by atoms with van der Waals surface area (Å²) in [7, 11) is 0. The van der Waals surface area contributed by atoms with E-state index in [2.05, 4.69) is 10.4 Å². The molecule has 1 amide bonds. The fraction of sp³-hybridized carbons (Fsp3) is 0.375. The molecule has 0 spiro atoms. The van der Waals surface area contributed by atoms with Gasteiger partial charge in [0.05, 0.1) is 22.3 Å². The minimum atomic E-state index is -1.11. The first-order valence-electron chi connectivity index (χ1n) is 7.48.